The number of hydrogen-bond donors (Lipinski definition) is 2. The van der Waals surface area contributed by atoms with Gasteiger partial charge in [-0.1, -0.05) is 29.8 Å². The quantitative estimate of drug-likeness (QED) is 0.654. The van der Waals surface area contributed by atoms with Crippen molar-refractivity contribution >= 4 is 34.8 Å². The number of fused-ring (bicyclic) bond motifs is 1. The van der Waals surface area contributed by atoms with E-state index in [1.165, 1.54) is 6.20 Å². The Kier molecular flexibility index (Phi) is 5.79. The van der Waals surface area contributed by atoms with Crippen molar-refractivity contribution in [2.75, 3.05) is 16.8 Å². The Balaban J connectivity index is 1.54. The number of hydrogen-bond acceptors (Lipinski definition) is 4. The van der Waals surface area contributed by atoms with Gasteiger partial charge in [0, 0.05) is 28.4 Å². The van der Waals surface area contributed by atoms with Gasteiger partial charge in [-0.05, 0) is 55.3 Å². The van der Waals surface area contributed by atoms with Crippen LogP contribution in [-0.2, 0) is 0 Å². The number of halogens is 1. The maximum absolute atomic E-state index is 13.1. The van der Waals surface area contributed by atoms with Gasteiger partial charge in [0.05, 0.1) is 18.0 Å². The molecule has 1 unspecified atom stereocenters. The SMILES string of the molecule is O=C(Nc1ccc(C(=O)N2CCCC(O)c3cc(Cl)ccc32)nc1)c1ccccc1. The van der Waals surface area contributed by atoms with Crippen LogP contribution in [0.1, 0.15) is 45.4 Å². The molecule has 2 amide bonds. The van der Waals surface area contributed by atoms with Crippen molar-refractivity contribution < 1.29 is 14.7 Å². The summed E-state index contributed by atoms with van der Waals surface area (Å²) in [7, 11) is 0. The Bertz CT molecular complexity index is 1070. The number of anilines is 2. The number of aliphatic hydroxyl groups is 1. The molecular weight excluding hydrogens is 402 g/mol. The molecule has 2 N–H and O–H groups in total. The van der Waals surface area contributed by atoms with E-state index in [0.717, 1.165) is 0 Å². The van der Waals surface area contributed by atoms with E-state index in [2.05, 4.69) is 10.3 Å². The molecule has 2 aromatic carbocycles. The Morgan fingerprint density at radius 3 is 2.63 bits per heavy atom. The Morgan fingerprint density at radius 1 is 1.10 bits per heavy atom. The molecule has 6 nitrogen and oxygen atoms in total. The zero-order valence-corrected chi connectivity index (χ0v) is 16.8. The molecule has 3 aromatic rings. The monoisotopic (exact) mass is 421 g/mol. The van der Waals surface area contributed by atoms with Crippen LogP contribution < -0.4 is 10.2 Å². The molecule has 152 valence electrons. The highest BCUT2D eigenvalue weighted by atomic mass is 35.5. The molecule has 1 atom stereocenters. The third-order valence-corrected chi connectivity index (χ3v) is 5.26. The predicted molar refractivity (Wildman–Crippen MR) is 116 cm³/mol. The Labute approximate surface area is 179 Å². The fraction of sp³-hybridized carbons (Fsp3) is 0.174. The number of pyridine rings is 1. The van der Waals surface area contributed by atoms with Gasteiger partial charge in [0.15, 0.2) is 0 Å². The first-order chi connectivity index (χ1) is 14.5. The summed E-state index contributed by atoms with van der Waals surface area (Å²) < 4.78 is 0. The van der Waals surface area contributed by atoms with Crippen molar-refractivity contribution in [3.63, 3.8) is 0 Å². The van der Waals surface area contributed by atoms with Gasteiger partial charge in [0.1, 0.15) is 5.69 Å². The minimum Gasteiger partial charge on any atom is -0.388 e. The number of aromatic nitrogens is 1. The van der Waals surface area contributed by atoms with Gasteiger partial charge < -0.3 is 15.3 Å². The largest absolute Gasteiger partial charge is 0.388 e. The first kappa shape index (κ1) is 20.1. The normalized spacial score (nSPS) is 15.8. The average Bonchev–Trinajstić information content (AvgIpc) is 2.93. The standard InChI is InChI=1S/C23H20ClN3O3/c24-16-8-11-20-18(13-16)21(28)7-4-12-27(20)23(30)19-10-9-17(14-25-19)26-22(29)15-5-2-1-3-6-15/h1-3,5-6,8-11,13-14,21,28H,4,7,12H2,(H,26,29). The minimum absolute atomic E-state index is 0.246. The van der Waals surface area contributed by atoms with Crippen LogP contribution in [0, 0.1) is 0 Å². The van der Waals surface area contributed by atoms with Crippen LogP contribution >= 0.6 is 11.6 Å². The molecule has 1 aromatic heterocycles. The maximum atomic E-state index is 13.1. The third-order valence-electron chi connectivity index (χ3n) is 5.02. The van der Waals surface area contributed by atoms with Gasteiger partial charge in [0.25, 0.3) is 11.8 Å². The summed E-state index contributed by atoms with van der Waals surface area (Å²) in [6, 6.07) is 17.2. The molecule has 0 saturated carbocycles. The lowest BCUT2D eigenvalue weighted by Gasteiger charge is -2.23. The van der Waals surface area contributed by atoms with Crippen molar-refractivity contribution in [1.82, 2.24) is 4.98 Å². The number of carbonyl (C=O) groups is 2. The van der Waals surface area contributed by atoms with Crippen LogP contribution in [0.2, 0.25) is 5.02 Å². The second kappa shape index (κ2) is 8.65. The summed E-state index contributed by atoms with van der Waals surface area (Å²) in [6.45, 7) is 0.471. The van der Waals surface area contributed by atoms with Crippen LogP contribution in [0.3, 0.4) is 0 Å². The van der Waals surface area contributed by atoms with Gasteiger partial charge in [-0.25, -0.2) is 4.98 Å². The summed E-state index contributed by atoms with van der Waals surface area (Å²) in [5, 5.41) is 13.7. The summed E-state index contributed by atoms with van der Waals surface area (Å²) in [5.41, 5.74) is 2.57. The summed E-state index contributed by atoms with van der Waals surface area (Å²) in [4.78, 5) is 31.3. The highest BCUT2D eigenvalue weighted by Crippen LogP contribution is 2.35. The van der Waals surface area contributed by atoms with Crippen LogP contribution in [0.5, 0.6) is 0 Å². The zero-order valence-electron chi connectivity index (χ0n) is 16.1. The molecular formula is C23H20ClN3O3. The molecule has 7 heteroatoms. The zero-order chi connectivity index (χ0) is 21.1. The van der Waals surface area contributed by atoms with Crippen LogP contribution in [0.4, 0.5) is 11.4 Å². The molecule has 0 radical (unpaired) electrons. The van der Waals surface area contributed by atoms with Crippen molar-refractivity contribution in [2.45, 2.75) is 18.9 Å². The second-order valence-corrected chi connectivity index (χ2v) is 7.51. The molecule has 2 heterocycles. The number of nitrogens with zero attached hydrogens (tertiary/aromatic N) is 2. The molecule has 0 spiro atoms. The number of benzene rings is 2. The van der Waals surface area contributed by atoms with Crippen LogP contribution in [-0.4, -0.2) is 28.4 Å². The molecule has 0 aliphatic carbocycles. The molecule has 1 aliphatic rings. The van der Waals surface area contributed by atoms with E-state index >= 15 is 0 Å². The molecule has 0 bridgehead atoms. The van der Waals surface area contributed by atoms with E-state index in [1.807, 2.05) is 6.07 Å². The fourth-order valence-electron chi connectivity index (χ4n) is 3.49. The number of aliphatic hydroxyl groups excluding tert-OH is 1. The number of amides is 2. The Morgan fingerprint density at radius 2 is 1.90 bits per heavy atom. The topological polar surface area (TPSA) is 82.5 Å². The Hall–Kier alpha value is -3.22. The second-order valence-electron chi connectivity index (χ2n) is 7.07. The summed E-state index contributed by atoms with van der Waals surface area (Å²) >= 11 is 6.08. The van der Waals surface area contributed by atoms with Crippen molar-refractivity contribution in [1.29, 1.82) is 0 Å². The number of nitrogens with one attached hydrogen (secondary N) is 1. The van der Waals surface area contributed by atoms with E-state index in [1.54, 1.807) is 59.5 Å². The molecule has 0 fully saturated rings. The van der Waals surface area contributed by atoms with Crippen LogP contribution in [0.25, 0.3) is 0 Å². The lowest BCUT2D eigenvalue weighted by atomic mass is 10.0. The summed E-state index contributed by atoms with van der Waals surface area (Å²) in [5.74, 6) is -0.516. The van der Waals surface area contributed by atoms with E-state index in [4.69, 9.17) is 11.6 Å². The van der Waals surface area contributed by atoms with Crippen molar-refractivity contribution in [2.24, 2.45) is 0 Å². The van der Waals surface area contributed by atoms with Crippen molar-refractivity contribution in [3.05, 3.63) is 88.7 Å². The molecule has 4 rings (SSSR count). The average molecular weight is 422 g/mol. The highest BCUT2D eigenvalue weighted by molar-refractivity contribution is 6.30. The lowest BCUT2D eigenvalue weighted by Crippen LogP contribution is -2.32. The predicted octanol–water partition coefficient (Wildman–Crippen LogP) is 4.46. The first-order valence-electron chi connectivity index (χ1n) is 9.65. The highest BCUT2D eigenvalue weighted by Gasteiger charge is 2.27. The first-order valence-corrected chi connectivity index (χ1v) is 10.0. The van der Waals surface area contributed by atoms with E-state index in [9.17, 15) is 14.7 Å². The van der Waals surface area contributed by atoms with Gasteiger partial charge in [0.2, 0.25) is 0 Å². The minimum atomic E-state index is -0.667. The van der Waals surface area contributed by atoms with Gasteiger partial charge in [-0.15, -0.1) is 0 Å². The van der Waals surface area contributed by atoms with Crippen LogP contribution in [0.15, 0.2) is 66.9 Å². The summed E-state index contributed by atoms with van der Waals surface area (Å²) in [6.07, 6.45) is 2.00. The fourth-order valence-corrected chi connectivity index (χ4v) is 3.67. The van der Waals surface area contributed by atoms with E-state index < -0.39 is 6.10 Å². The number of carbonyl (C=O) groups excluding carboxylic acids is 2. The van der Waals surface area contributed by atoms with Gasteiger partial charge >= 0.3 is 0 Å². The van der Waals surface area contributed by atoms with E-state index in [-0.39, 0.29) is 17.5 Å². The van der Waals surface area contributed by atoms with Crippen molar-refractivity contribution in [3.8, 4) is 0 Å². The number of rotatable bonds is 3. The smallest absolute Gasteiger partial charge is 0.276 e. The lowest BCUT2D eigenvalue weighted by molar-refractivity contribution is 0.0981. The van der Waals surface area contributed by atoms with Gasteiger partial charge in [-0.3, -0.25) is 9.59 Å². The molecule has 1 aliphatic heterocycles. The van der Waals surface area contributed by atoms with Gasteiger partial charge in [-0.2, -0.15) is 0 Å². The molecule has 0 saturated heterocycles. The third kappa shape index (κ3) is 4.20. The molecule has 30 heavy (non-hydrogen) atoms. The van der Waals surface area contributed by atoms with E-state index in [0.29, 0.717) is 46.9 Å². The maximum Gasteiger partial charge on any atom is 0.276 e.